The van der Waals surface area contributed by atoms with Gasteiger partial charge >= 0.3 is 5.97 Å². The molecule has 26 heavy (non-hydrogen) atoms. The lowest BCUT2D eigenvalue weighted by atomic mass is 10.1. The van der Waals surface area contributed by atoms with Crippen molar-refractivity contribution in [1.82, 2.24) is 0 Å². The van der Waals surface area contributed by atoms with E-state index in [0.717, 1.165) is 0 Å². The van der Waals surface area contributed by atoms with Gasteiger partial charge in [-0.3, -0.25) is 9.59 Å². The van der Waals surface area contributed by atoms with E-state index in [1.54, 1.807) is 30.3 Å². The van der Waals surface area contributed by atoms with E-state index in [9.17, 15) is 14.0 Å². The molecule has 1 amide bonds. The van der Waals surface area contributed by atoms with Crippen molar-refractivity contribution >= 4 is 45.3 Å². The zero-order chi connectivity index (χ0) is 18.8. The lowest BCUT2D eigenvalue weighted by Crippen LogP contribution is -2.41. The molecule has 2 aromatic rings. The molecule has 3 rings (SSSR count). The number of aliphatic carboxylic acids is 1. The second-order valence-electron chi connectivity index (χ2n) is 5.67. The molecule has 0 saturated heterocycles. The van der Waals surface area contributed by atoms with Crippen LogP contribution >= 0.6 is 27.7 Å². The largest absolute Gasteiger partial charge is 0.496 e. The van der Waals surface area contributed by atoms with E-state index in [2.05, 4.69) is 15.9 Å². The van der Waals surface area contributed by atoms with Crippen LogP contribution in [0, 0.1) is 5.82 Å². The Labute approximate surface area is 162 Å². The quantitative estimate of drug-likeness (QED) is 0.759. The number of rotatable bonds is 5. The molecule has 0 bridgehead atoms. The molecule has 1 aliphatic rings. The van der Waals surface area contributed by atoms with Gasteiger partial charge in [0.1, 0.15) is 11.6 Å². The van der Waals surface area contributed by atoms with Crippen LogP contribution in [-0.2, 0) is 16.1 Å². The van der Waals surface area contributed by atoms with Gasteiger partial charge in [-0.25, -0.2) is 4.39 Å². The van der Waals surface area contributed by atoms with Crippen molar-refractivity contribution in [3.8, 4) is 5.75 Å². The number of thioether (sulfide) groups is 1. The highest BCUT2D eigenvalue weighted by atomic mass is 79.9. The Morgan fingerprint density at radius 3 is 2.81 bits per heavy atom. The standard InChI is InChI=1S/C18H15BrFNO4S/c1-25-14-4-2-3-13-17(14)26-15(8-16(22)23)18(24)21(13)9-10-5-6-11(19)7-12(10)20/h2-7,15H,8-9H2,1H3,(H,22,23). The van der Waals surface area contributed by atoms with Gasteiger partial charge in [-0.2, -0.15) is 0 Å². The fraction of sp³-hybridized carbons (Fsp3) is 0.222. The highest BCUT2D eigenvalue weighted by Gasteiger charge is 2.36. The summed E-state index contributed by atoms with van der Waals surface area (Å²) < 4.78 is 20.2. The maximum atomic E-state index is 14.3. The smallest absolute Gasteiger partial charge is 0.305 e. The average molecular weight is 440 g/mol. The van der Waals surface area contributed by atoms with E-state index in [4.69, 9.17) is 9.84 Å². The highest BCUT2D eigenvalue weighted by molar-refractivity contribution is 9.10. The maximum Gasteiger partial charge on any atom is 0.305 e. The van der Waals surface area contributed by atoms with Gasteiger partial charge in [0.2, 0.25) is 5.91 Å². The first kappa shape index (κ1) is 18.7. The summed E-state index contributed by atoms with van der Waals surface area (Å²) in [4.78, 5) is 26.1. The number of carboxylic acid groups (broad SMARTS) is 1. The van der Waals surface area contributed by atoms with Gasteiger partial charge in [0.05, 0.1) is 35.9 Å². The predicted molar refractivity (Wildman–Crippen MR) is 100 cm³/mol. The van der Waals surface area contributed by atoms with E-state index in [0.29, 0.717) is 26.4 Å². The molecule has 5 nitrogen and oxygen atoms in total. The van der Waals surface area contributed by atoms with Crippen molar-refractivity contribution in [2.75, 3.05) is 12.0 Å². The van der Waals surface area contributed by atoms with Gasteiger partial charge in [-0.1, -0.05) is 28.1 Å². The van der Waals surface area contributed by atoms with Gasteiger partial charge in [0.15, 0.2) is 0 Å². The molecule has 1 atom stereocenters. The van der Waals surface area contributed by atoms with Crippen LogP contribution in [0.25, 0.3) is 0 Å². The SMILES string of the molecule is COc1cccc2c1SC(CC(=O)O)C(=O)N2Cc1ccc(Br)cc1F. The Balaban J connectivity index is 2.04. The highest BCUT2D eigenvalue weighted by Crippen LogP contribution is 2.46. The number of halogens is 2. The average Bonchev–Trinajstić information content (AvgIpc) is 2.59. The Morgan fingerprint density at radius 1 is 1.38 bits per heavy atom. The van der Waals surface area contributed by atoms with Crippen LogP contribution in [0.4, 0.5) is 10.1 Å². The summed E-state index contributed by atoms with van der Waals surface area (Å²) in [6, 6.07) is 9.87. The number of hydrogen-bond donors (Lipinski definition) is 1. The van der Waals surface area contributed by atoms with Gasteiger partial charge in [-0.05, 0) is 24.3 Å². The number of fused-ring (bicyclic) bond motifs is 1. The summed E-state index contributed by atoms with van der Waals surface area (Å²) in [5.41, 5.74) is 0.930. The summed E-state index contributed by atoms with van der Waals surface area (Å²) in [6.45, 7) is 0.00872. The second kappa shape index (κ2) is 7.67. The summed E-state index contributed by atoms with van der Waals surface area (Å²) in [7, 11) is 1.51. The molecule has 1 N–H and O–H groups in total. The van der Waals surface area contributed by atoms with E-state index in [-0.39, 0.29) is 18.9 Å². The molecule has 0 spiro atoms. The zero-order valence-electron chi connectivity index (χ0n) is 13.7. The van der Waals surface area contributed by atoms with E-state index < -0.39 is 17.0 Å². The number of anilines is 1. The number of carboxylic acids is 1. The number of hydrogen-bond acceptors (Lipinski definition) is 4. The van der Waals surface area contributed by atoms with Crippen molar-refractivity contribution < 1.29 is 23.8 Å². The van der Waals surface area contributed by atoms with Gasteiger partial charge in [0.25, 0.3) is 0 Å². The van der Waals surface area contributed by atoms with E-state index in [1.807, 2.05) is 0 Å². The minimum Gasteiger partial charge on any atom is -0.496 e. The summed E-state index contributed by atoms with van der Waals surface area (Å²) in [5, 5.41) is 8.33. The number of amides is 1. The maximum absolute atomic E-state index is 14.3. The molecule has 0 fully saturated rings. The molecule has 0 aromatic heterocycles. The van der Waals surface area contributed by atoms with Crippen LogP contribution in [-0.4, -0.2) is 29.3 Å². The van der Waals surface area contributed by atoms with Crippen LogP contribution < -0.4 is 9.64 Å². The molecule has 8 heteroatoms. The van der Waals surface area contributed by atoms with Crippen LogP contribution in [0.2, 0.25) is 0 Å². The number of benzene rings is 2. The first-order valence-corrected chi connectivity index (χ1v) is 9.38. The Kier molecular flexibility index (Phi) is 5.52. The fourth-order valence-electron chi connectivity index (χ4n) is 2.75. The molecule has 1 unspecified atom stereocenters. The minimum atomic E-state index is -1.07. The molecule has 136 valence electrons. The second-order valence-corrected chi connectivity index (χ2v) is 7.80. The molecule has 1 aliphatic heterocycles. The van der Waals surface area contributed by atoms with Crippen LogP contribution in [0.15, 0.2) is 45.8 Å². The Bertz CT molecular complexity index is 876. The zero-order valence-corrected chi connectivity index (χ0v) is 16.1. The normalized spacial score (nSPS) is 16.3. The molecule has 0 radical (unpaired) electrons. The van der Waals surface area contributed by atoms with Gasteiger partial charge in [-0.15, -0.1) is 11.8 Å². The topological polar surface area (TPSA) is 66.8 Å². The van der Waals surface area contributed by atoms with E-state index >= 15 is 0 Å². The third kappa shape index (κ3) is 3.71. The number of carbonyl (C=O) groups excluding carboxylic acids is 1. The molecule has 0 saturated carbocycles. The fourth-order valence-corrected chi connectivity index (χ4v) is 4.39. The van der Waals surface area contributed by atoms with Gasteiger partial charge in [0, 0.05) is 10.0 Å². The summed E-state index contributed by atoms with van der Waals surface area (Å²) >= 11 is 4.38. The Morgan fingerprint density at radius 2 is 2.15 bits per heavy atom. The van der Waals surface area contributed by atoms with Crippen LogP contribution in [0.1, 0.15) is 12.0 Å². The first-order chi connectivity index (χ1) is 12.4. The third-order valence-corrected chi connectivity index (χ3v) is 5.77. The van der Waals surface area contributed by atoms with Crippen LogP contribution in [0.3, 0.4) is 0 Å². The number of ether oxygens (including phenoxy) is 1. The molecular formula is C18H15BrFNO4S. The number of nitrogens with zero attached hydrogens (tertiary/aromatic N) is 1. The third-order valence-electron chi connectivity index (χ3n) is 3.97. The molecule has 0 aliphatic carbocycles. The predicted octanol–water partition coefficient (Wildman–Crippen LogP) is 4.08. The van der Waals surface area contributed by atoms with Crippen molar-refractivity contribution in [3.63, 3.8) is 0 Å². The summed E-state index contributed by atoms with van der Waals surface area (Å²) in [5.74, 6) is -1.31. The van der Waals surface area contributed by atoms with Crippen molar-refractivity contribution in [3.05, 3.63) is 52.3 Å². The van der Waals surface area contributed by atoms with E-state index in [1.165, 1.54) is 29.8 Å². The van der Waals surface area contributed by atoms with Crippen molar-refractivity contribution in [1.29, 1.82) is 0 Å². The lowest BCUT2D eigenvalue weighted by Gasteiger charge is -2.34. The molecule has 1 heterocycles. The van der Waals surface area contributed by atoms with Gasteiger partial charge < -0.3 is 14.7 Å². The Hall–Kier alpha value is -2.06. The lowest BCUT2D eigenvalue weighted by molar-refractivity contribution is -0.138. The molecule has 2 aromatic carbocycles. The first-order valence-electron chi connectivity index (χ1n) is 7.71. The van der Waals surface area contributed by atoms with Crippen molar-refractivity contribution in [2.24, 2.45) is 0 Å². The minimum absolute atomic E-state index is 0.00872. The van der Waals surface area contributed by atoms with Crippen LogP contribution in [0.5, 0.6) is 5.75 Å². The van der Waals surface area contributed by atoms with Crippen molar-refractivity contribution in [2.45, 2.75) is 23.1 Å². The summed E-state index contributed by atoms with van der Waals surface area (Å²) in [6.07, 6.45) is -0.319. The monoisotopic (exact) mass is 439 g/mol. The number of methoxy groups -OCH3 is 1. The number of carbonyl (C=O) groups is 2. The molecular weight excluding hydrogens is 425 g/mol.